The molecule has 0 aliphatic carbocycles. The molecule has 2 aromatic rings. The van der Waals surface area contributed by atoms with Gasteiger partial charge in [-0.25, -0.2) is 4.39 Å². The molecular weight excluding hydrogens is 253 g/mol. The highest BCUT2D eigenvalue weighted by Gasteiger charge is 2.14. The van der Waals surface area contributed by atoms with E-state index < -0.39 is 6.10 Å². The second-order valence-corrected chi connectivity index (χ2v) is 4.97. The predicted octanol–water partition coefficient (Wildman–Crippen LogP) is 4.35. The second-order valence-electron chi connectivity index (χ2n) is 4.97. The lowest BCUT2D eigenvalue weighted by Crippen LogP contribution is -2.17. The Morgan fingerprint density at radius 2 is 1.95 bits per heavy atom. The summed E-state index contributed by atoms with van der Waals surface area (Å²) in [6.45, 7) is 6.32. The normalized spacial score (nSPS) is 12.2. The number of aliphatic hydroxyl groups is 1. The molecule has 3 heteroatoms. The van der Waals surface area contributed by atoms with E-state index >= 15 is 0 Å². The van der Waals surface area contributed by atoms with Crippen LogP contribution in [0.4, 0.5) is 15.8 Å². The standard InChI is InChI=1S/C17H20FNO/c1-4-19(15-7-5-6-12(2)10-15)17-9-8-14(13(3)20)11-16(17)18/h5-11,13,20H,4H2,1-3H3/t13-/m1/s1. The minimum atomic E-state index is -0.660. The van der Waals surface area contributed by atoms with E-state index in [2.05, 4.69) is 0 Å². The van der Waals surface area contributed by atoms with Crippen LogP contribution in [0.15, 0.2) is 42.5 Å². The molecule has 1 atom stereocenters. The molecule has 0 saturated carbocycles. The smallest absolute Gasteiger partial charge is 0.147 e. The molecule has 0 radical (unpaired) electrons. The summed E-state index contributed by atoms with van der Waals surface area (Å²) in [5.74, 6) is -0.313. The maximum atomic E-state index is 14.3. The monoisotopic (exact) mass is 273 g/mol. The first kappa shape index (κ1) is 14.5. The van der Waals surface area contributed by atoms with Gasteiger partial charge in [0.2, 0.25) is 0 Å². The molecule has 1 N–H and O–H groups in total. The third kappa shape index (κ3) is 2.99. The van der Waals surface area contributed by atoms with E-state index in [4.69, 9.17) is 0 Å². The zero-order chi connectivity index (χ0) is 14.7. The fraction of sp³-hybridized carbons (Fsp3) is 0.294. The second kappa shape index (κ2) is 6.06. The lowest BCUT2D eigenvalue weighted by atomic mass is 10.1. The maximum Gasteiger partial charge on any atom is 0.147 e. The fourth-order valence-corrected chi connectivity index (χ4v) is 2.29. The third-order valence-corrected chi connectivity index (χ3v) is 3.37. The summed E-state index contributed by atoms with van der Waals surface area (Å²) in [5.41, 5.74) is 3.23. The van der Waals surface area contributed by atoms with Gasteiger partial charge in [-0.1, -0.05) is 18.2 Å². The maximum absolute atomic E-state index is 14.3. The number of anilines is 2. The zero-order valence-corrected chi connectivity index (χ0v) is 12.1. The van der Waals surface area contributed by atoms with Crippen LogP contribution in [0.2, 0.25) is 0 Å². The summed E-state index contributed by atoms with van der Waals surface area (Å²) in [7, 11) is 0. The van der Waals surface area contributed by atoms with E-state index in [1.807, 2.05) is 43.0 Å². The third-order valence-electron chi connectivity index (χ3n) is 3.37. The van der Waals surface area contributed by atoms with Crippen molar-refractivity contribution < 1.29 is 9.50 Å². The summed E-state index contributed by atoms with van der Waals surface area (Å²) in [6.07, 6.45) is -0.660. The number of hydrogen-bond donors (Lipinski definition) is 1. The molecule has 0 heterocycles. The Kier molecular flexibility index (Phi) is 4.40. The van der Waals surface area contributed by atoms with Gasteiger partial charge in [-0.05, 0) is 56.2 Å². The van der Waals surface area contributed by atoms with E-state index in [1.165, 1.54) is 6.07 Å². The number of hydrogen-bond acceptors (Lipinski definition) is 2. The Hall–Kier alpha value is -1.87. The van der Waals surface area contributed by atoms with Gasteiger partial charge >= 0.3 is 0 Å². The molecule has 0 bridgehead atoms. The molecule has 2 rings (SSSR count). The van der Waals surface area contributed by atoms with Gasteiger partial charge in [0.25, 0.3) is 0 Å². The number of aliphatic hydroxyl groups excluding tert-OH is 1. The van der Waals surface area contributed by atoms with Gasteiger partial charge in [-0.2, -0.15) is 0 Å². The number of nitrogens with zero attached hydrogens (tertiary/aromatic N) is 1. The molecular formula is C17H20FNO. The first-order valence-corrected chi connectivity index (χ1v) is 6.84. The minimum absolute atomic E-state index is 0.313. The molecule has 0 amide bonds. The molecule has 0 aliphatic rings. The highest BCUT2D eigenvalue weighted by Crippen LogP contribution is 2.29. The molecule has 2 aromatic carbocycles. The van der Waals surface area contributed by atoms with Crippen molar-refractivity contribution in [3.05, 3.63) is 59.4 Å². The summed E-state index contributed by atoms with van der Waals surface area (Å²) in [5, 5.41) is 9.51. The van der Waals surface area contributed by atoms with Crippen LogP contribution in [0.3, 0.4) is 0 Å². The van der Waals surface area contributed by atoms with Crippen molar-refractivity contribution >= 4 is 11.4 Å². The molecule has 0 aromatic heterocycles. The molecule has 0 unspecified atom stereocenters. The van der Waals surface area contributed by atoms with Crippen molar-refractivity contribution in [1.82, 2.24) is 0 Å². The average Bonchev–Trinajstić information content (AvgIpc) is 2.41. The molecule has 0 fully saturated rings. The molecule has 106 valence electrons. The van der Waals surface area contributed by atoms with Gasteiger partial charge < -0.3 is 10.0 Å². The van der Waals surface area contributed by atoms with Crippen molar-refractivity contribution in [2.45, 2.75) is 26.9 Å². The van der Waals surface area contributed by atoms with Gasteiger partial charge in [-0.15, -0.1) is 0 Å². The van der Waals surface area contributed by atoms with Gasteiger partial charge in [0.05, 0.1) is 11.8 Å². The van der Waals surface area contributed by atoms with Crippen LogP contribution in [0.25, 0.3) is 0 Å². The van der Waals surface area contributed by atoms with Gasteiger partial charge in [0.15, 0.2) is 0 Å². The Morgan fingerprint density at radius 3 is 2.50 bits per heavy atom. The summed E-state index contributed by atoms with van der Waals surface area (Å²) >= 11 is 0. The lowest BCUT2D eigenvalue weighted by Gasteiger charge is -2.24. The van der Waals surface area contributed by atoms with Crippen LogP contribution in [0, 0.1) is 12.7 Å². The Balaban J connectivity index is 2.42. The first-order chi connectivity index (χ1) is 9.52. The van der Waals surface area contributed by atoms with Crippen molar-refractivity contribution in [2.24, 2.45) is 0 Å². The predicted molar refractivity (Wildman–Crippen MR) is 80.9 cm³/mol. The van der Waals surface area contributed by atoms with Crippen molar-refractivity contribution in [3.8, 4) is 0 Å². The number of aryl methyl sites for hydroxylation is 1. The van der Waals surface area contributed by atoms with Crippen LogP contribution >= 0.6 is 0 Å². The highest BCUT2D eigenvalue weighted by molar-refractivity contribution is 5.64. The zero-order valence-electron chi connectivity index (χ0n) is 12.1. The summed E-state index contributed by atoms with van der Waals surface area (Å²) in [4.78, 5) is 1.92. The van der Waals surface area contributed by atoms with Gasteiger partial charge in [0.1, 0.15) is 5.82 Å². The molecule has 20 heavy (non-hydrogen) atoms. The van der Waals surface area contributed by atoms with Crippen LogP contribution in [0.1, 0.15) is 31.1 Å². The van der Waals surface area contributed by atoms with Gasteiger partial charge in [-0.3, -0.25) is 0 Å². The largest absolute Gasteiger partial charge is 0.389 e. The van der Waals surface area contributed by atoms with E-state index in [0.717, 1.165) is 11.3 Å². The van der Waals surface area contributed by atoms with Crippen LogP contribution in [-0.4, -0.2) is 11.7 Å². The van der Waals surface area contributed by atoms with E-state index in [1.54, 1.807) is 19.1 Å². The Bertz CT molecular complexity index is 595. The number of rotatable bonds is 4. The average molecular weight is 273 g/mol. The molecule has 2 nitrogen and oxygen atoms in total. The van der Waals surface area contributed by atoms with E-state index in [0.29, 0.717) is 17.8 Å². The van der Waals surface area contributed by atoms with Gasteiger partial charge in [0, 0.05) is 12.2 Å². The van der Waals surface area contributed by atoms with Crippen LogP contribution in [0.5, 0.6) is 0 Å². The Labute approximate surface area is 119 Å². The number of halogens is 1. The van der Waals surface area contributed by atoms with Crippen molar-refractivity contribution in [2.75, 3.05) is 11.4 Å². The fourth-order valence-electron chi connectivity index (χ4n) is 2.29. The molecule has 0 aliphatic heterocycles. The van der Waals surface area contributed by atoms with Crippen LogP contribution in [-0.2, 0) is 0 Å². The summed E-state index contributed by atoms with van der Waals surface area (Å²) in [6, 6.07) is 12.9. The SMILES string of the molecule is CCN(c1cccc(C)c1)c1ccc([C@@H](C)O)cc1F. The van der Waals surface area contributed by atoms with Crippen molar-refractivity contribution in [1.29, 1.82) is 0 Å². The molecule has 0 saturated heterocycles. The topological polar surface area (TPSA) is 23.5 Å². The Morgan fingerprint density at radius 1 is 1.20 bits per heavy atom. The summed E-state index contributed by atoms with van der Waals surface area (Å²) < 4.78 is 14.3. The quantitative estimate of drug-likeness (QED) is 0.895. The minimum Gasteiger partial charge on any atom is -0.389 e. The highest BCUT2D eigenvalue weighted by atomic mass is 19.1. The van der Waals surface area contributed by atoms with Crippen molar-refractivity contribution in [3.63, 3.8) is 0 Å². The first-order valence-electron chi connectivity index (χ1n) is 6.84. The van der Waals surface area contributed by atoms with E-state index in [9.17, 15) is 9.50 Å². The molecule has 0 spiro atoms. The van der Waals surface area contributed by atoms with E-state index in [-0.39, 0.29) is 5.82 Å². The number of benzene rings is 2. The lowest BCUT2D eigenvalue weighted by molar-refractivity contribution is 0.199. The van der Waals surface area contributed by atoms with Crippen LogP contribution < -0.4 is 4.90 Å².